The molecule has 3 N–H and O–H groups in total. The number of aliphatic hydroxyl groups excluding tert-OH is 1. The van der Waals surface area contributed by atoms with Gasteiger partial charge in [0.2, 0.25) is 0 Å². The van der Waals surface area contributed by atoms with Crippen LogP contribution in [-0.4, -0.2) is 36.9 Å². The van der Waals surface area contributed by atoms with Crippen molar-refractivity contribution in [1.82, 2.24) is 10.6 Å². The summed E-state index contributed by atoms with van der Waals surface area (Å²) in [5, 5.41) is 15.3. The molecule has 2 atom stereocenters. The Morgan fingerprint density at radius 2 is 2.17 bits per heavy atom. The topological polar surface area (TPSA) is 70.6 Å². The summed E-state index contributed by atoms with van der Waals surface area (Å²) in [5.74, 6) is 1.19. The molecule has 1 aliphatic carbocycles. The van der Waals surface area contributed by atoms with Gasteiger partial charge in [-0.2, -0.15) is 0 Å². The van der Waals surface area contributed by atoms with Gasteiger partial charge < -0.3 is 20.5 Å². The summed E-state index contributed by atoms with van der Waals surface area (Å²) in [6.07, 6.45) is 6.02. The fourth-order valence-corrected chi connectivity index (χ4v) is 3.55. The average Bonchev–Trinajstić information content (AvgIpc) is 3.03. The second-order valence-corrected chi connectivity index (χ2v) is 6.52. The summed E-state index contributed by atoms with van der Waals surface area (Å²) < 4.78 is 5.50. The van der Waals surface area contributed by atoms with E-state index in [1.54, 1.807) is 0 Å². The fraction of sp³-hybridized carbons (Fsp3) is 0.611. The zero-order valence-electron chi connectivity index (χ0n) is 13.5. The number of rotatable bonds is 5. The van der Waals surface area contributed by atoms with Crippen molar-refractivity contribution in [2.45, 2.75) is 44.6 Å². The van der Waals surface area contributed by atoms with Crippen LogP contribution in [0, 0.1) is 5.92 Å². The number of aliphatic hydroxyl groups is 1. The third-order valence-corrected chi connectivity index (χ3v) is 4.91. The van der Waals surface area contributed by atoms with Crippen LogP contribution in [0.15, 0.2) is 18.2 Å². The summed E-state index contributed by atoms with van der Waals surface area (Å²) in [6, 6.07) is 6.23. The van der Waals surface area contributed by atoms with Gasteiger partial charge in [-0.1, -0.05) is 25.0 Å². The molecule has 1 fully saturated rings. The lowest BCUT2D eigenvalue weighted by Crippen LogP contribution is -2.48. The van der Waals surface area contributed by atoms with Crippen molar-refractivity contribution in [2.75, 3.05) is 19.8 Å². The lowest BCUT2D eigenvalue weighted by molar-refractivity contribution is 0.154. The first-order chi connectivity index (χ1) is 11.3. The molecule has 3 rings (SSSR count). The molecular weight excluding hydrogens is 292 g/mol. The fourth-order valence-electron chi connectivity index (χ4n) is 3.55. The monoisotopic (exact) mass is 318 g/mol. The molecule has 1 heterocycles. The van der Waals surface area contributed by atoms with E-state index >= 15 is 0 Å². The smallest absolute Gasteiger partial charge is 0.315 e. The van der Waals surface area contributed by atoms with Crippen molar-refractivity contribution in [3.05, 3.63) is 29.3 Å². The minimum absolute atomic E-state index is 0.103. The highest BCUT2D eigenvalue weighted by molar-refractivity contribution is 5.74. The second kappa shape index (κ2) is 7.68. The molecule has 0 spiro atoms. The van der Waals surface area contributed by atoms with E-state index in [1.165, 1.54) is 11.1 Å². The number of hydrogen-bond donors (Lipinski definition) is 3. The number of fused-ring (bicyclic) bond motifs is 1. The van der Waals surface area contributed by atoms with Crippen molar-refractivity contribution in [2.24, 2.45) is 5.92 Å². The third-order valence-electron chi connectivity index (χ3n) is 4.91. The molecule has 0 bridgehead atoms. The van der Waals surface area contributed by atoms with Crippen LogP contribution in [0.4, 0.5) is 4.79 Å². The summed E-state index contributed by atoms with van der Waals surface area (Å²) in [6.45, 7) is 1.54. The largest absolute Gasteiger partial charge is 0.493 e. The molecule has 0 aromatic heterocycles. The predicted molar refractivity (Wildman–Crippen MR) is 88.7 cm³/mol. The highest BCUT2D eigenvalue weighted by Gasteiger charge is 2.25. The summed E-state index contributed by atoms with van der Waals surface area (Å²) in [4.78, 5) is 12.0. The first-order valence-corrected chi connectivity index (χ1v) is 8.66. The van der Waals surface area contributed by atoms with E-state index in [-0.39, 0.29) is 24.6 Å². The number of carbonyl (C=O) groups is 1. The maximum absolute atomic E-state index is 12.0. The molecular formula is C18H26N2O3. The van der Waals surface area contributed by atoms with Crippen LogP contribution < -0.4 is 15.4 Å². The standard InChI is InChI=1S/C18H26N2O3/c21-12-15-3-1-2-4-16(15)20-18(22)19-9-7-13-5-6-17-14(11-13)8-10-23-17/h5-6,11,15-16,21H,1-4,7-10,12H2,(H2,19,20,22)/t15-,16+/m0/s1. The highest BCUT2D eigenvalue weighted by atomic mass is 16.5. The second-order valence-electron chi connectivity index (χ2n) is 6.52. The third kappa shape index (κ3) is 4.16. The van der Waals surface area contributed by atoms with Gasteiger partial charge in [-0.25, -0.2) is 4.79 Å². The molecule has 1 aromatic rings. The summed E-state index contributed by atoms with van der Waals surface area (Å²) in [5.41, 5.74) is 2.49. The van der Waals surface area contributed by atoms with Gasteiger partial charge in [0.05, 0.1) is 6.61 Å². The number of benzene rings is 1. The number of urea groups is 1. The predicted octanol–water partition coefficient (Wildman–Crippen LogP) is 2.01. The number of hydrogen-bond acceptors (Lipinski definition) is 3. The average molecular weight is 318 g/mol. The maximum atomic E-state index is 12.0. The van der Waals surface area contributed by atoms with E-state index in [9.17, 15) is 9.90 Å². The molecule has 2 amide bonds. The van der Waals surface area contributed by atoms with Gasteiger partial charge in [0.25, 0.3) is 0 Å². The van der Waals surface area contributed by atoms with Gasteiger partial charge in [0.1, 0.15) is 5.75 Å². The Kier molecular flexibility index (Phi) is 5.39. The van der Waals surface area contributed by atoms with Gasteiger partial charge in [0.15, 0.2) is 0 Å². The van der Waals surface area contributed by atoms with E-state index in [4.69, 9.17) is 4.74 Å². The van der Waals surface area contributed by atoms with Crippen LogP contribution in [0.2, 0.25) is 0 Å². The molecule has 1 aliphatic heterocycles. The number of ether oxygens (including phenoxy) is 1. The zero-order valence-corrected chi connectivity index (χ0v) is 13.5. The Morgan fingerprint density at radius 1 is 1.30 bits per heavy atom. The molecule has 1 saturated carbocycles. The van der Waals surface area contributed by atoms with E-state index in [2.05, 4.69) is 22.8 Å². The highest BCUT2D eigenvalue weighted by Crippen LogP contribution is 2.26. The van der Waals surface area contributed by atoms with Crippen LogP contribution in [0.25, 0.3) is 0 Å². The van der Waals surface area contributed by atoms with E-state index < -0.39 is 0 Å². The van der Waals surface area contributed by atoms with Crippen molar-refractivity contribution in [3.63, 3.8) is 0 Å². The lowest BCUT2D eigenvalue weighted by Gasteiger charge is -2.30. The molecule has 0 unspecified atom stereocenters. The Balaban J connectivity index is 1.42. The van der Waals surface area contributed by atoms with Crippen LogP contribution >= 0.6 is 0 Å². The Morgan fingerprint density at radius 3 is 3.04 bits per heavy atom. The molecule has 1 aromatic carbocycles. The summed E-state index contributed by atoms with van der Waals surface area (Å²) in [7, 11) is 0. The number of carbonyl (C=O) groups excluding carboxylic acids is 1. The lowest BCUT2D eigenvalue weighted by atomic mass is 9.85. The van der Waals surface area contributed by atoms with Gasteiger partial charge in [-0.15, -0.1) is 0 Å². The molecule has 2 aliphatic rings. The van der Waals surface area contributed by atoms with Crippen molar-refractivity contribution >= 4 is 6.03 Å². The molecule has 0 saturated heterocycles. The van der Waals surface area contributed by atoms with Gasteiger partial charge in [0, 0.05) is 31.5 Å². The zero-order chi connectivity index (χ0) is 16.1. The molecule has 5 heteroatoms. The maximum Gasteiger partial charge on any atom is 0.315 e. The van der Waals surface area contributed by atoms with E-state index in [0.717, 1.165) is 50.9 Å². The van der Waals surface area contributed by atoms with Crippen LogP contribution in [0.3, 0.4) is 0 Å². The molecule has 0 radical (unpaired) electrons. The van der Waals surface area contributed by atoms with Gasteiger partial charge in [-0.3, -0.25) is 0 Å². The minimum Gasteiger partial charge on any atom is -0.493 e. The minimum atomic E-state index is -0.125. The normalized spacial score (nSPS) is 23.0. The first kappa shape index (κ1) is 16.1. The quantitative estimate of drug-likeness (QED) is 0.778. The SMILES string of the molecule is O=C(NCCc1ccc2c(c1)CCO2)N[C@@H]1CCCC[C@H]1CO. The summed E-state index contributed by atoms with van der Waals surface area (Å²) >= 11 is 0. The van der Waals surface area contributed by atoms with Crippen LogP contribution in [0.5, 0.6) is 5.75 Å². The van der Waals surface area contributed by atoms with Gasteiger partial charge in [-0.05, 0) is 36.5 Å². The first-order valence-electron chi connectivity index (χ1n) is 8.66. The molecule has 5 nitrogen and oxygen atoms in total. The Hall–Kier alpha value is -1.75. The molecule has 126 valence electrons. The number of amides is 2. The van der Waals surface area contributed by atoms with Crippen molar-refractivity contribution < 1.29 is 14.6 Å². The van der Waals surface area contributed by atoms with Crippen LogP contribution in [0.1, 0.15) is 36.8 Å². The van der Waals surface area contributed by atoms with Crippen molar-refractivity contribution in [1.29, 1.82) is 0 Å². The van der Waals surface area contributed by atoms with E-state index in [1.807, 2.05) is 6.07 Å². The molecule has 23 heavy (non-hydrogen) atoms. The van der Waals surface area contributed by atoms with Crippen molar-refractivity contribution in [3.8, 4) is 5.75 Å². The Bertz CT molecular complexity index is 547. The number of nitrogens with one attached hydrogen (secondary N) is 2. The van der Waals surface area contributed by atoms with E-state index in [0.29, 0.717) is 6.54 Å². The Labute approximate surface area is 137 Å². The van der Waals surface area contributed by atoms with Crippen LogP contribution in [-0.2, 0) is 12.8 Å². The van der Waals surface area contributed by atoms with Gasteiger partial charge >= 0.3 is 6.03 Å².